The summed E-state index contributed by atoms with van der Waals surface area (Å²) in [5, 5.41) is 11.8. The Balaban J connectivity index is 1.43. The van der Waals surface area contributed by atoms with Crippen molar-refractivity contribution in [3.05, 3.63) is 29.8 Å². The van der Waals surface area contributed by atoms with E-state index in [-0.39, 0.29) is 5.91 Å². The van der Waals surface area contributed by atoms with Crippen molar-refractivity contribution in [3.8, 4) is 11.4 Å². The molecule has 2 fully saturated rings. The number of ether oxygens (including phenoxy) is 1. The van der Waals surface area contributed by atoms with Gasteiger partial charge in [-0.1, -0.05) is 0 Å². The van der Waals surface area contributed by atoms with Crippen molar-refractivity contribution in [2.75, 3.05) is 30.3 Å². The van der Waals surface area contributed by atoms with Crippen molar-refractivity contribution in [1.29, 1.82) is 0 Å². The van der Waals surface area contributed by atoms with Gasteiger partial charge < -0.3 is 20.7 Å². The number of hydrogen-bond donors (Lipinski definition) is 3. The number of fused-ring (bicyclic) bond motifs is 1. The largest absolute Gasteiger partial charge is 0.368 e. The molecule has 1 amide bonds. The minimum absolute atomic E-state index is 0.155. The highest BCUT2D eigenvalue weighted by atomic mass is 32.1. The maximum absolute atomic E-state index is 12.3. The first-order chi connectivity index (χ1) is 14.3. The summed E-state index contributed by atoms with van der Waals surface area (Å²) in [6.07, 6.45) is 3.99. The van der Waals surface area contributed by atoms with E-state index in [0.29, 0.717) is 24.3 Å². The summed E-state index contributed by atoms with van der Waals surface area (Å²) in [4.78, 5) is 26.1. The fourth-order valence-electron chi connectivity index (χ4n) is 3.69. The zero-order valence-corrected chi connectivity index (χ0v) is 16.7. The number of hydrogen-bond acceptors (Lipinski definition) is 8. The highest BCUT2D eigenvalue weighted by molar-refractivity contribution is 7.17. The molecule has 0 unspecified atom stereocenters. The van der Waals surface area contributed by atoms with Gasteiger partial charge in [-0.05, 0) is 49.4 Å². The number of anilines is 2. The average molecular weight is 411 g/mol. The highest BCUT2D eigenvalue weighted by Gasteiger charge is 2.24. The van der Waals surface area contributed by atoms with Crippen molar-refractivity contribution in [2.45, 2.75) is 31.4 Å². The number of rotatable bonds is 5. The Morgan fingerprint density at radius 2 is 2.24 bits per heavy atom. The molecule has 150 valence electrons. The molecule has 2 saturated heterocycles. The summed E-state index contributed by atoms with van der Waals surface area (Å²) in [5.41, 5.74) is 1.72. The van der Waals surface area contributed by atoms with Crippen LogP contribution in [0.1, 0.15) is 19.3 Å². The van der Waals surface area contributed by atoms with E-state index in [4.69, 9.17) is 14.7 Å². The van der Waals surface area contributed by atoms with Crippen molar-refractivity contribution in [2.24, 2.45) is 0 Å². The fourth-order valence-corrected chi connectivity index (χ4v) is 4.47. The van der Waals surface area contributed by atoms with Crippen LogP contribution in [-0.2, 0) is 9.53 Å². The number of carbonyl (C=O) groups excluding carboxylic acids is 1. The maximum atomic E-state index is 12.3. The van der Waals surface area contributed by atoms with Crippen LogP contribution in [0.3, 0.4) is 0 Å². The lowest BCUT2D eigenvalue weighted by molar-refractivity contribution is -0.124. The second kappa shape index (κ2) is 8.02. The molecule has 2 aliphatic rings. The summed E-state index contributed by atoms with van der Waals surface area (Å²) in [6, 6.07) is 6.03. The Morgan fingerprint density at radius 1 is 1.28 bits per heavy atom. The Kier molecular flexibility index (Phi) is 5.09. The number of aromatic nitrogens is 3. The van der Waals surface area contributed by atoms with Gasteiger partial charge in [0.25, 0.3) is 5.91 Å². The number of nitrogens with one attached hydrogen (secondary N) is 3. The lowest BCUT2D eigenvalue weighted by atomic mass is 10.2. The second-order valence-electron chi connectivity index (χ2n) is 7.29. The first-order valence-corrected chi connectivity index (χ1v) is 10.8. The number of pyridine rings is 1. The van der Waals surface area contributed by atoms with Gasteiger partial charge in [0.15, 0.2) is 5.82 Å². The molecule has 0 bridgehead atoms. The lowest BCUT2D eigenvalue weighted by Crippen LogP contribution is -2.27. The van der Waals surface area contributed by atoms with Gasteiger partial charge in [-0.3, -0.25) is 4.79 Å². The molecule has 2 aliphatic heterocycles. The lowest BCUT2D eigenvalue weighted by Gasteiger charge is -2.14. The average Bonchev–Trinajstić information content (AvgIpc) is 3.50. The van der Waals surface area contributed by atoms with E-state index in [2.05, 4.69) is 20.9 Å². The van der Waals surface area contributed by atoms with E-state index in [1.165, 1.54) is 0 Å². The molecular weight excluding hydrogens is 388 g/mol. The second-order valence-corrected chi connectivity index (χ2v) is 8.20. The Bertz CT molecular complexity index is 1030. The standard InChI is InChI=1S/C20H22N6O2S/c27-20(15-2-1-8-28-15)25-16-10-12(3-7-22-16)18-24-14-5-9-29-17(14)19(26-18)23-13-4-6-21-11-13/h3,5,7,9-10,13,15,21H,1-2,4,6,8,11H2,(H,22,25,27)(H,23,24,26)/t13-,15+/m1/s1. The molecular formula is C20H22N6O2S. The topological polar surface area (TPSA) is 101 Å². The third-order valence-electron chi connectivity index (χ3n) is 5.20. The highest BCUT2D eigenvalue weighted by Crippen LogP contribution is 2.30. The number of amides is 1. The third-order valence-corrected chi connectivity index (χ3v) is 6.11. The molecule has 9 heteroatoms. The van der Waals surface area contributed by atoms with E-state index in [1.54, 1.807) is 23.6 Å². The molecule has 8 nitrogen and oxygen atoms in total. The molecule has 0 spiro atoms. The summed E-state index contributed by atoms with van der Waals surface area (Å²) < 4.78 is 6.50. The molecule has 0 saturated carbocycles. The van der Waals surface area contributed by atoms with Crippen LogP contribution in [0.2, 0.25) is 0 Å². The minimum Gasteiger partial charge on any atom is -0.368 e. The molecule has 0 radical (unpaired) electrons. The molecule has 5 rings (SSSR count). The van der Waals surface area contributed by atoms with Gasteiger partial charge >= 0.3 is 0 Å². The molecule has 29 heavy (non-hydrogen) atoms. The third kappa shape index (κ3) is 3.93. The fraction of sp³-hybridized carbons (Fsp3) is 0.400. The quantitative estimate of drug-likeness (QED) is 0.594. The van der Waals surface area contributed by atoms with Crippen LogP contribution in [-0.4, -0.2) is 52.7 Å². The van der Waals surface area contributed by atoms with Crippen LogP contribution in [0.5, 0.6) is 0 Å². The van der Waals surface area contributed by atoms with Gasteiger partial charge in [0.05, 0.1) is 10.2 Å². The van der Waals surface area contributed by atoms with Crippen LogP contribution in [0.25, 0.3) is 21.6 Å². The van der Waals surface area contributed by atoms with Crippen molar-refractivity contribution < 1.29 is 9.53 Å². The number of carbonyl (C=O) groups is 1. The summed E-state index contributed by atoms with van der Waals surface area (Å²) >= 11 is 1.64. The summed E-state index contributed by atoms with van der Waals surface area (Å²) in [7, 11) is 0. The van der Waals surface area contributed by atoms with Crippen LogP contribution < -0.4 is 16.0 Å². The van der Waals surface area contributed by atoms with Gasteiger partial charge in [-0.2, -0.15) is 0 Å². The van der Waals surface area contributed by atoms with E-state index in [1.807, 2.05) is 17.5 Å². The zero-order valence-electron chi connectivity index (χ0n) is 15.9. The maximum Gasteiger partial charge on any atom is 0.254 e. The predicted octanol–water partition coefficient (Wildman–Crippen LogP) is 2.64. The van der Waals surface area contributed by atoms with Gasteiger partial charge in [0.2, 0.25) is 0 Å². The molecule has 3 N–H and O–H groups in total. The minimum atomic E-state index is -0.394. The molecule has 3 aromatic heterocycles. The Morgan fingerprint density at radius 3 is 3.07 bits per heavy atom. The van der Waals surface area contributed by atoms with Gasteiger partial charge in [0, 0.05) is 31.0 Å². The van der Waals surface area contributed by atoms with Crippen molar-refractivity contribution in [1.82, 2.24) is 20.3 Å². The van der Waals surface area contributed by atoms with E-state index in [0.717, 1.165) is 53.9 Å². The summed E-state index contributed by atoms with van der Waals surface area (Å²) in [6.45, 7) is 2.58. The first kappa shape index (κ1) is 18.4. The normalized spacial score (nSPS) is 21.5. The van der Waals surface area contributed by atoms with Gasteiger partial charge in [-0.25, -0.2) is 15.0 Å². The van der Waals surface area contributed by atoms with E-state index >= 15 is 0 Å². The molecule has 2 atom stereocenters. The van der Waals surface area contributed by atoms with Crippen LogP contribution >= 0.6 is 11.3 Å². The van der Waals surface area contributed by atoms with Gasteiger partial charge in [-0.15, -0.1) is 11.3 Å². The zero-order chi connectivity index (χ0) is 19.6. The van der Waals surface area contributed by atoms with Gasteiger partial charge in [0.1, 0.15) is 17.7 Å². The first-order valence-electron chi connectivity index (χ1n) is 9.88. The summed E-state index contributed by atoms with van der Waals surface area (Å²) in [5.74, 6) is 1.79. The smallest absolute Gasteiger partial charge is 0.254 e. The molecule has 5 heterocycles. The van der Waals surface area contributed by atoms with Crippen LogP contribution in [0, 0.1) is 0 Å². The number of thiophene rings is 1. The number of nitrogens with zero attached hydrogens (tertiary/aromatic N) is 3. The molecule has 0 aliphatic carbocycles. The van der Waals surface area contributed by atoms with Crippen molar-refractivity contribution >= 4 is 39.1 Å². The molecule has 0 aromatic carbocycles. The monoisotopic (exact) mass is 410 g/mol. The molecule has 3 aromatic rings. The van der Waals surface area contributed by atoms with E-state index in [9.17, 15) is 4.79 Å². The van der Waals surface area contributed by atoms with Crippen molar-refractivity contribution in [3.63, 3.8) is 0 Å². The van der Waals surface area contributed by atoms with Crippen LogP contribution in [0.4, 0.5) is 11.6 Å². The Labute approximate surface area is 172 Å². The van der Waals surface area contributed by atoms with Crippen LogP contribution in [0.15, 0.2) is 29.8 Å². The predicted molar refractivity (Wildman–Crippen MR) is 113 cm³/mol. The Hall–Kier alpha value is -2.62. The van der Waals surface area contributed by atoms with E-state index < -0.39 is 6.10 Å². The SMILES string of the molecule is O=C(Nc1cc(-c2nc(N[C@@H]3CCNC3)c3sccc3n2)ccn1)[C@@H]1CCCO1.